The molecule has 1 saturated carbocycles. The van der Waals surface area contributed by atoms with Crippen molar-refractivity contribution in [3.8, 4) is 0 Å². The first kappa shape index (κ1) is 15.4. The summed E-state index contributed by atoms with van der Waals surface area (Å²) in [5, 5.41) is 15.7. The first-order valence-corrected chi connectivity index (χ1v) is 7.19. The lowest BCUT2D eigenvalue weighted by Gasteiger charge is -2.26. The largest absolute Gasteiger partial charge is 0.396 e. The van der Waals surface area contributed by atoms with Gasteiger partial charge in [-0.25, -0.2) is 0 Å². The summed E-state index contributed by atoms with van der Waals surface area (Å²) < 4.78 is 0. The second kappa shape index (κ2) is 7.74. The molecule has 4 heteroatoms. The van der Waals surface area contributed by atoms with Gasteiger partial charge in [0.2, 0.25) is 5.91 Å². The molecule has 4 nitrogen and oxygen atoms in total. The highest BCUT2D eigenvalue weighted by Gasteiger charge is 2.33. The third-order valence-electron chi connectivity index (χ3n) is 3.79. The van der Waals surface area contributed by atoms with Crippen LogP contribution in [0.15, 0.2) is 0 Å². The fraction of sp³-hybridized carbons (Fsp3) is 0.929. The SMILES string of the molecule is CC(C)NCCCC(=O)NCC1(CO)CCCC1. The molecule has 0 saturated heterocycles. The number of aliphatic hydroxyl groups is 1. The smallest absolute Gasteiger partial charge is 0.220 e. The molecule has 0 radical (unpaired) electrons. The van der Waals surface area contributed by atoms with Crippen molar-refractivity contribution in [2.75, 3.05) is 19.7 Å². The Bertz CT molecular complexity index is 248. The molecule has 18 heavy (non-hydrogen) atoms. The topological polar surface area (TPSA) is 61.4 Å². The van der Waals surface area contributed by atoms with Crippen LogP contribution in [0.4, 0.5) is 0 Å². The van der Waals surface area contributed by atoms with Crippen LogP contribution in [0, 0.1) is 5.41 Å². The number of aliphatic hydroxyl groups excluding tert-OH is 1. The van der Waals surface area contributed by atoms with Crippen molar-refractivity contribution < 1.29 is 9.90 Å². The maximum atomic E-state index is 11.7. The fourth-order valence-corrected chi connectivity index (χ4v) is 2.53. The van der Waals surface area contributed by atoms with E-state index in [1.54, 1.807) is 0 Å². The van der Waals surface area contributed by atoms with Crippen molar-refractivity contribution in [3.63, 3.8) is 0 Å². The minimum atomic E-state index is -0.0359. The summed E-state index contributed by atoms with van der Waals surface area (Å²) >= 11 is 0. The van der Waals surface area contributed by atoms with Gasteiger partial charge in [0.05, 0.1) is 6.61 Å². The molecule has 0 aromatic heterocycles. The molecule has 1 fully saturated rings. The van der Waals surface area contributed by atoms with Gasteiger partial charge in [-0.1, -0.05) is 26.7 Å². The van der Waals surface area contributed by atoms with Gasteiger partial charge in [-0.05, 0) is 25.8 Å². The van der Waals surface area contributed by atoms with Crippen molar-refractivity contribution in [2.45, 2.75) is 58.4 Å². The molecule has 3 N–H and O–H groups in total. The van der Waals surface area contributed by atoms with Crippen LogP contribution in [0.3, 0.4) is 0 Å². The van der Waals surface area contributed by atoms with Crippen LogP contribution in [0.25, 0.3) is 0 Å². The molecule has 1 amide bonds. The molecule has 1 aliphatic carbocycles. The van der Waals surface area contributed by atoms with Gasteiger partial charge in [0, 0.05) is 24.4 Å². The summed E-state index contributed by atoms with van der Waals surface area (Å²) in [6, 6.07) is 0.476. The van der Waals surface area contributed by atoms with E-state index in [-0.39, 0.29) is 17.9 Å². The molecule has 0 spiro atoms. The highest BCUT2D eigenvalue weighted by Crippen LogP contribution is 2.36. The molecule has 0 bridgehead atoms. The predicted octanol–water partition coefficient (Wildman–Crippen LogP) is 1.43. The van der Waals surface area contributed by atoms with E-state index >= 15 is 0 Å². The second-order valence-corrected chi connectivity index (χ2v) is 5.85. The summed E-state index contributed by atoms with van der Waals surface area (Å²) in [7, 11) is 0. The van der Waals surface area contributed by atoms with E-state index in [1.807, 2.05) is 0 Å². The maximum absolute atomic E-state index is 11.7. The van der Waals surface area contributed by atoms with Gasteiger partial charge in [-0.15, -0.1) is 0 Å². The van der Waals surface area contributed by atoms with Crippen molar-refractivity contribution in [2.24, 2.45) is 5.41 Å². The monoisotopic (exact) mass is 256 g/mol. The second-order valence-electron chi connectivity index (χ2n) is 5.85. The Morgan fingerprint density at radius 1 is 1.33 bits per heavy atom. The van der Waals surface area contributed by atoms with Gasteiger partial charge in [-0.2, -0.15) is 0 Å². The fourth-order valence-electron chi connectivity index (χ4n) is 2.53. The predicted molar refractivity (Wildman–Crippen MR) is 73.4 cm³/mol. The average Bonchev–Trinajstić information content (AvgIpc) is 2.81. The Balaban J connectivity index is 2.12. The molecule has 1 rings (SSSR count). The highest BCUT2D eigenvalue weighted by atomic mass is 16.3. The molecule has 1 aliphatic rings. The molecule has 0 aromatic carbocycles. The van der Waals surface area contributed by atoms with Crippen LogP contribution >= 0.6 is 0 Å². The van der Waals surface area contributed by atoms with Crippen LogP contribution in [0.5, 0.6) is 0 Å². The summed E-state index contributed by atoms with van der Waals surface area (Å²) in [5.41, 5.74) is -0.0359. The van der Waals surface area contributed by atoms with E-state index < -0.39 is 0 Å². The van der Waals surface area contributed by atoms with Gasteiger partial charge in [-0.3, -0.25) is 4.79 Å². The lowest BCUT2D eigenvalue weighted by atomic mass is 9.87. The number of carbonyl (C=O) groups excluding carboxylic acids is 1. The van der Waals surface area contributed by atoms with E-state index in [0.29, 0.717) is 19.0 Å². The lowest BCUT2D eigenvalue weighted by molar-refractivity contribution is -0.121. The molecule has 0 heterocycles. The van der Waals surface area contributed by atoms with Crippen LogP contribution < -0.4 is 10.6 Å². The molecular formula is C14H28N2O2. The van der Waals surface area contributed by atoms with Gasteiger partial charge in [0.1, 0.15) is 0 Å². The number of hydrogen-bond acceptors (Lipinski definition) is 3. The van der Waals surface area contributed by atoms with Crippen molar-refractivity contribution in [3.05, 3.63) is 0 Å². The van der Waals surface area contributed by atoms with Gasteiger partial charge < -0.3 is 15.7 Å². The Kier molecular flexibility index (Phi) is 6.65. The molecule has 0 unspecified atom stereocenters. The Labute approximate surface area is 111 Å². The summed E-state index contributed by atoms with van der Waals surface area (Å²) in [5.74, 6) is 0.111. The number of hydrogen-bond donors (Lipinski definition) is 3. The van der Waals surface area contributed by atoms with Gasteiger partial charge >= 0.3 is 0 Å². The first-order chi connectivity index (χ1) is 8.58. The third kappa shape index (κ3) is 5.36. The van der Waals surface area contributed by atoms with Crippen LogP contribution in [-0.4, -0.2) is 36.8 Å². The zero-order valence-electron chi connectivity index (χ0n) is 11.8. The Hall–Kier alpha value is -0.610. The number of carbonyl (C=O) groups is 1. The standard InChI is InChI=1S/C14H28N2O2/c1-12(2)15-9-5-6-13(18)16-10-14(11-17)7-3-4-8-14/h12,15,17H,3-11H2,1-2H3,(H,16,18). The molecule has 0 aliphatic heterocycles. The molecular weight excluding hydrogens is 228 g/mol. The number of nitrogens with one attached hydrogen (secondary N) is 2. The van der Waals surface area contributed by atoms with Crippen molar-refractivity contribution in [1.29, 1.82) is 0 Å². The van der Waals surface area contributed by atoms with E-state index in [0.717, 1.165) is 25.8 Å². The highest BCUT2D eigenvalue weighted by molar-refractivity contribution is 5.75. The zero-order valence-corrected chi connectivity index (χ0v) is 11.8. The maximum Gasteiger partial charge on any atom is 0.220 e. The van der Waals surface area contributed by atoms with E-state index in [4.69, 9.17) is 0 Å². The number of amides is 1. The summed E-state index contributed by atoms with van der Waals surface area (Å²) in [6.07, 6.45) is 5.87. The van der Waals surface area contributed by atoms with E-state index in [2.05, 4.69) is 24.5 Å². The number of rotatable bonds is 8. The van der Waals surface area contributed by atoms with E-state index in [1.165, 1.54) is 12.8 Å². The Morgan fingerprint density at radius 2 is 2.00 bits per heavy atom. The molecule has 0 aromatic rings. The van der Waals surface area contributed by atoms with E-state index in [9.17, 15) is 9.90 Å². The van der Waals surface area contributed by atoms with Crippen LogP contribution in [-0.2, 0) is 4.79 Å². The summed E-state index contributed by atoms with van der Waals surface area (Å²) in [4.78, 5) is 11.7. The first-order valence-electron chi connectivity index (χ1n) is 7.19. The molecule has 106 valence electrons. The third-order valence-corrected chi connectivity index (χ3v) is 3.79. The van der Waals surface area contributed by atoms with Crippen molar-refractivity contribution in [1.82, 2.24) is 10.6 Å². The quantitative estimate of drug-likeness (QED) is 0.576. The minimum absolute atomic E-state index is 0.0359. The van der Waals surface area contributed by atoms with Gasteiger partial charge in [0.15, 0.2) is 0 Å². The van der Waals surface area contributed by atoms with Gasteiger partial charge in [0.25, 0.3) is 0 Å². The van der Waals surface area contributed by atoms with Crippen LogP contribution in [0.2, 0.25) is 0 Å². The Morgan fingerprint density at radius 3 is 2.56 bits per heavy atom. The lowest BCUT2D eigenvalue weighted by Crippen LogP contribution is -2.38. The molecule has 0 atom stereocenters. The summed E-state index contributed by atoms with van der Waals surface area (Å²) in [6.45, 7) is 5.93. The van der Waals surface area contributed by atoms with Crippen molar-refractivity contribution >= 4 is 5.91 Å². The van der Waals surface area contributed by atoms with Crippen LogP contribution in [0.1, 0.15) is 52.4 Å². The normalized spacial score (nSPS) is 18.2. The zero-order chi connectivity index (χ0) is 13.4. The average molecular weight is 256 g/mol. The minimum Gasteiger partial charge on any atom is -0.396 e.